The molecule has 8 nitrogen and oxygen atoms in total. The lowest BCUT2D eigenvalue weighted by molar-refractivity contribution is -0.384. The summed E-state index contributed by atoms with van der Waals surface area (Å²) in [5.41, 5.74) is 0.903. The average Bonchev–Trinajstić information content (AvgIpc) is 2.42. The van der Waals surface area contributed by atoms with Crippen LogP contribution in [0, 0.1) is 10.1 Å². The normalized spacial score (nSPS) is 15.3. The zero-order chi connectivity index (χ0) is 14.7. The molecule has 0 spiro atoms. The van der Waals surface area contributed by atoms with Gasteiger partial charge in [-0.2, -0.15) is 0 Å². The number of rotatable bonds is 4. The molecule has 106 valence electrons. The first-order valence-electron chi connectivity index (χ1n) is 5.89. The third-order valence-corrected chi connectivity index (χ3v) is 2.92. The van der Waals surface area contributed by atoms with E-state index < -0.39 is 16.7 Å². The number of amides is 2. The van der Waals surface area contributed by atoms with E-state index in [9.17, 15) is 19.7 Å². The van der Waals surface area contributed by atoms with E-state index in [1.54, 1.807) is 13.1 Å². The number of anilines is 1. The predicted octanol–water partition coefficient (Wildman–Crippen LogP) is 0.522. The smallest absolute Gasteiger partial charge is 0.292 e. The highest BCUT2D eigenvalue weighted by Crippen LogP contribution is 2.25. The summed E-state index contributed by atoms with van der Waals surface area (Å²) in [4.78, 5) is 34.6. The zero-order valence-corrected chi connectivity index (χ0v) is 10.8. The van der Waals surface area contributed by atoms with E-state index >= 15 is 0 Å². The summed E-state index contributed by atoms with van der Waals surface area (Å²) in [5.74, 6) is -0.823. The Labute approximate surface area is 114 Å². The Morgan fingerprint density at radius 3 is 2.55 bits per heavy atom. The molecular formula is C12H13N3O5. The Balaban J connectivity index is 2.23. The van der Waals surface area contributed by atoms with Crippen LogP contribution in [0.3, 0.4) is 0 Å². The molecule has 0 radical (unpaired) electrons. The van der Waals surface area contributed by atoms with Crippen LogP contribution in [0.25, 0.3) is 0 Å². The number of nitro groups is 1. The van der Waals surface area contributed by atoms with Crippen LogP contribution in [0.15, 0.2) is 18.2 Å². The molecule has 1 aliphatic heterocycles. The molecule has 2 amide bonds. The van der Waals surface area contributed by atoms with Gasteiger partial charge >= 0.3 is 0 Å². The van der Waals surface area contributed by atoms with E-state index in [-0.39, 0.29) is 25.4 Å². The number of nitro benzene ring substituents is 1. The van der Waals surface area contributed by atoms with Crippen molar-refractivity contribution in [3.05, 3.63) is 33.9 Å². The molecular weight excluding hydrogens is 266 g/mol. The maximum absolute atomic E-state index is 11.6. The minimum absolute atomic E-state index is 0.0594. The van der Waals surface area contributed by atoms with Crippen LogP contribution in [0.5, 0.6) is 0 Å². The van der Waals surface area contributed by atoms with Gasteiger partial charge in [0.1, 0.15) is 18.9 Å². The van der Waals surface area contributed by atoms with Gasteiger partial charge in [0.2, 0.25) is 0 Å². The van der Waals surface area contributed by atoms with Crippen LogP contribution >= 0.6 is 0 Å². The van der Waals surface area contributed by atoms with Gasteiger partial charge in [-0.1, -0.05) is 6.07 Å². The number of benzene rings is 1. The van der Waals surface area contributed by atoms with Gasteiger partial charge in [0.05, 0.1) is 11.5 Å². The van der Waals surface area contributed by atoms with Crippen molar-refractivity contribution in [2.45, 2.75) is 6.54 Å². The fourth-order valence-corrected chi connectivity index (χ4v) is 1.92. The van der Waals surface area contributed by atoms with E-state index in [2.05, 4.69) is 5.32 Å². The second-order valence-electron chi connectivity index (χ2n) is 4.23. The van der Waals surface area contributed by atoms with Crippen molar-refractivity contribution in [3.8, 4) is 0 Å². The second-order valence-corrected chi connectivity index (χ2v) is 4.23. The summed E-state index contributed by atoms with van der Waals surface area (Å²) in [6, 6.07) is 4.42. The van der Waals surface area contributed by atoms with E-state index in [4.69, 9.17) is 4.74 Å². The third kappa shape index (κ3) is 2.75. The van der Waals surface area contributed by atoms with Gasteiger partial charge in [-0.15, -0.1) is 0 Å². The minimum atomic E-state index is -0.499. The molecule has 0 bridgehead atoms. The molecule has 1 saturated heterocycles. The van der Waals surface area contributed by atoms with Gasteiger partial charge in [-0.3, -0.25) is 24.6 Å². The second kappa shape index (κ2) is 5.66. The number of imide groups is 1. The first-order valence-corrected chi connectivity index (χ1v) is 5.89. The molecule has 20 heavy (non-hydrogen) atoms. The van der Waals surface area contributed by atoms with Gasteiger partial charge in [-0.25, -0.2) is 0 Å². The first-order chi connectivity index (χ1) is 9.52. The first kappa shape index (κ1) is 13.9. The predicted molar refractivity (Wildman–Crippen MR) is 69.0 cm³/mol. The van der Waals surface area contributed by atoms with E-state index in [1.165, 1.54) is 12.1 Å². The molecule has 1 heterocycles. The summed E-state index contributed by atoms with van der Waals surface area (Å²) in [5, 5.41) is 13.5. The molecule has 1 aromatic carbocycles. The standard InChI is InChI=1S/C12H13N3O5/c1-13-9-4-8(2-3-10(9)15(18)19)5-14-11(16)6-20-7-12(14)17/h2-4,13H,5-7H2,1H3. The van der Waals surface area contributed by atoms with Crippen LogP contribution in [0.4, 0.5) is 11.4 Å². The highest BCUT2D eigenvalue weighted by molar-refractivity contribution is 5.98. The molecule has 1 fully saturated rings. The Hall–Kier alpha value is -2.48. The molecule has 1 aliphatic rings. The van der Waals surface area contributed by atoms with Crippen LogP contribution in [-0.4, -0.2) is 41.9 Å². The van der Waals surface area contributed by atoms with E-state index in [1.807, 2.05) is 0 Å². The van der Waals surface area contributed by atoms with Gasteiger partial charge < -0.3 is 10.1 Å². The van der Waals surface area contributed by atoms with Crippen LogP contribution in [-0.2, 0) is 20.9 Å². The summed E-state index contributed by atoms with van der Waals surface area (Å²) in [7, 11) is 1.57. The molecule has 2 rings (SSSR count). The van der Waals surface area contributed by atoms with Crippen molar-refractivity contribution in [1.82, 2.24) is 4.90 Å². The molecule has 8 heteroatoms. The van der Waals surface area contributed by atoms with E-state index in [0.29, 0.717) is 11.3 Å². The van der Waals surface area contributed by atoms with Crippen LogP contribution in [0.1, 0.15) is 5.56 Å². The lowest BCUT2D eigenvalue weighted by Crippen LogP contribution is -2.45. The van der Waals surface area contributed by atoms with Gasteiger partial charge in [-0.05, 0) is 11.6 Å². The Morgan fingerprint density at radius 2 is 2.00 bits per heavy atom. The molecule has 0 aromatic heterocycles. The van der Waals surface area contributed by atoms with Crippen molar-refractivity contribution in [1.29, 1.82) is 0 Å². The summed E-state index contributed by atoms with van der Waals surface area (Å²) >= 11 is 0. The number of morpholine rings is 1. The number of hydrogen-bond acceptors (Lipinski definition) is 6. The van der Waals surface area contributed by atoms with Gasteiger partial charge in [0, 0.05) is 13.1 Å². The molecule has 0 unspecified atom stereocenters. The fourth-order valence-electron chi connectivity index (χ4n) is 1.92. The maximum atomic E-state index is 11.6. The average molecular weight is 279 g/mol. The summed E-state index contributed by atoms with van der Waals surface area (Å²) in [6.07, 6.45) is 0. The topological polar surface area (TPSA) is 102 Å². The quantitative estimate of drug-likeness (QED) is 0.490. The van der Waals surface area contributed by atoms with Crippen molar-refractivity contribution >= 4 is 23.2 Å². The largest absolute Gasteiger partial charge is 0.383 e. The van der Waals surface area contributed by atoms with Crippen LogP contribution < -0.4 is 5.32 Å². The minimum Gasteiger partial charge on any atom is -0.383 e. The van der Waals surface area contributed by atoms with Crippen molar-refractivity contribution in [2.24, 2.45) is 0 Å². The fraction of sp³-hybridized carbons (Fsp3) is 0.333. The molecule has 1 N–H and O–H groups in total. The lowest BCUT2D eigenvalue weighted by atomic mass is 10.1. The number of nitrogens with one attached hydrogen (secondary N) is 1. The SMILES string of the molecule is CNc1cc(CN2C(=O)COCC2=O)ccc1[N+](=O)[O-]. The van der Waals surface area contributed by atoms with E-state index in [0.717, 1.165) is 4.90 Å². The number of ether oxygens (including phenoxy) is 1. The zero-order valence-electron chi connectivity index (χ0n) is 10.8. The Morgan fingerprint density at radius 1 is 1.35 bits per heavy atom. The number of carbonyl (C=O) groups excluding carboxylic acids is 2. The Kier molecular flexibility index (Phi) is 3.94. The number of carbonyl (C=O) groups is 2. The molecule has 0 saturated carbocycles. The lowest BCUT2D eigenvalue weighted by Gasteiger charge is -2.25. The van der Waals surface area contributed by atoms with Crippen molar-refractivity contribution in [3.63, 3.8) is 0 Å². The Bertz CT molecular complexity index is 556. The molecule has 1 aromatic rings. The van der Waals surface area contributed by atoms with Crippen molar-refractivity contribution < 1.29 is 19.2 Å². The summed E-state index contributed by atoms with van der Waals surface area (Å²) in [6.45, 7) is -0.178. The van der Waals surface area contributed by atoms with Gasteiger partial charge in [0.15, 0.2) is 0 Å². The molecule has 0 atom stereocenters. The van der Waals surface area contributed by atoms with Gasteiger partial charge in [0.25, 0.3) is 17.5 Å². The highest BCUT2D eigenvalue weighted by Gasteiger charge is 2.27. The third-order valence-electron chi connectivity index (χ3n) is 2.92. The highest BCUT2D eigenvalue weighted by atomic mass is 16.6. The summed E-state index contributed by atoms with van der Waals surface area (Å²) < 4.78 is 4.82. The monoisotopic (exact) mass is 279 g/mol. The van der Waals surface area contributed by atoms with Crippen molar-refractivity contribution in [2.75, 3.05) is 25.6 Å². The number of nitrogens with zero attached hydrogens (tertiary/aromatic N) is 2. The molecule has 0 aliphatic carbocycles. The number of hydrogen-bond donors (Lipinski definition) is 1. The maximum Gasteiger partial charge on any atom is 0.292 e. The van der Waals surface area contributed by atoms with Crippen LogP contribution in [0.2, 0.25) is 0 Å².